The Labute approximate surface area is 125 Å². The first-order valence-corrected chi connectivity index (χ1v) is 6.59. The lowest BCUT2D eigenvalue weighted by atomic mass is 10.1. The van der Waals surface area contributed by atoms with Gasteiger partial charge in [-0.15, -0.1) is 6.42 Å². The molecule has 0 bridgehead atoms. The number of nitrogen functional groups attached to an aromatic ring is 1. The smallest absolute Gasteiger partial charge is 0.167 e. The third-order valence-corrected chi connectivity index (χ3v) is 3.51. The van der Waals surface area contributed by atoms with Crippen molar-refractivity contribution >= 4 is 17.0 Å². The summed E-state index contributed by atoms with van der Waals surface area (Å²) in [5.74, 6) is 2.58. The maximum atomic E-state index is 10.2. The van der Waals surface area contributed by atoms with E-state index in [9.17, 15) is 10.2 Å². The van der Waals surface area contributed by atoms with Crippen LogP contribution in [0.15, 0.2) is 12.7 Å². The normalized spacial score (nSPS) is 28.0. The molecule has 2 aromatic rings. The maximum absolute atomic E-state index is 10.2. The van der Waals surface area contributed by atoms with Gasteiger partial charge in [-0.2, -0.15) is 0 Å². The summed E-state index contributed by atoms with van der Waals surface area (Å²) in [6.45, 7) is -0.346. The SMILES string of the molecule is C#CCO[C@H]1C(O)[C@@H](CO)O[C@H]1n1cnc2c(N)ncnc21. The number of nitrogens with zero attached hydrogens (tertiary/aromatic N) is 4. The number of ether oxygens (including phenoxy) is 2. The molecule has 0 spiro atoms. The Balaban J connectivity index is 2.00. The first-order chi connectivity index (χ1) is 10.7. The second kappa shape index (κ2) is 5.86. The highest BCUT2D eigenvalue weighted by molar-refractivity contribution is 5.81. The monoisotopic (exact) mass is 305 g/mol. The highest BCUT2D eigenvalue weighted by Gasteiger charge is 2.45. The van der Waals surface area contributed by atoms with Gasteiger partial charge in [0.2, 0.25) is 0 Å². The Morgan fingerprint density at radius 2 is 2.27 bits per heavy atom. The van der Waals surface area contributed by atoms with Gasteiger partial charge in [0, 0.05) is 0 Å². The van der Waals surface area contributed by atoms with Crippen LogP contribution in [0.25, 0.3) is 11.2 Å². The molecule has 0 amide bonds. The molecule has 3 heterocycles. The molecule has 4 N–H and O–H groups in total. The average Bonchev–Trinajstić information content (AvgIpc) is 3.07. The molecule has 0 radical (unpaired) electrons. The number of hydrogen-bond donors (Lipinski definition) is 3. The molecule has 2 aromatic heterocycles. The van der Waals surface area contributed by atoms with Crippen molar-refractivity contribution in [3.63, 3.8) is 0 Å². The summed E-state index contributed by atoms with van der Waals surface area (Å²) in [4.78, 5) is 12.1. The Morgan fingerprint density at radius 1 is 1.45 bits per heavy atom. The van der Waals surface area contributed by atoms with E-state index in [-0.39, 0.29) is 19.0 Å². The number of aliphatic hydroxyl groups is 2. The van der Waals surface area contributed by atoms with Gasteiger partial charge in [0.1, 0.15) is 36.8 Å². The van der Waals surface area contributed by atoms with Crippen LogP contribution in [0, 0.1) is 12.3 Å². The maximum Gasteiger partial charge on any atom is 0.167 e. The van der Waals surface area contributed by atoms with Crippen molar-refractivity contribution in [1.82, 2.24) is 19.5 Å². The topological polar surface area (TPSA) is 129 Å². The lowest BCUT2D eigenvalue weighted by Crippen LogP contribution is -2.35. The van der Waals surface area contributed by atoms with E-state index >= 15 is 0 Å². The molecule has 22 heavy (non-hydrogen) atoms. The number of anilines is 1. The molecular formula is C13H15N5O4. The van der Waals surface area contributed by atoms with Gasteiger partial charge >= 0.3 is 0 Å². The van der Waals surface area contributed by atoms with Crippen LogP contribution >= 0.6 is 0 Å². The summed E-state index contributed by atoms with van der Waals surface area (Å²) in [7, 11) is 0. The van der Waals surface area contributed by atoms with Gasteiger partial charge in [-0.25, -0.2) is 15.0 Å². The fourth-order valence-corrected chi connectivity index (χ4v) is 2.47. The van der Waals surface area contributed by atoms with E-state index in [1.165, 1.54) is 12.7 Å². The van der Waals surface area contributed by atoms with E-state index in [4.69, 9.17) is 21.6 Å². The molecule has 0 saturated carbocycles. The second-order valence-corrected chi connectivity index (χ2v) is 4.80. The number of aromatic nitrogens is 4. The lowest BCUT2D eigenvalue weighted by Gasteiger charge is -2.20. The minimum absolute atomic E-state index is 0.00346. The van der Waals surface area contributed by atoms with Crippen LogP contribution in [0.4, 0.5) is 5.82 Å². The van der Waals surface area contributed by atoms with Crippen LogP contribution in [-0.2, 0) is 9.47 Å². The first kappa shape index (κ1) is 14.7. The predicted octanol–water partition coefficient (Wildman–Crippen LogP) is -1.32. The summed E-state index contributed by atoms with van der Waals surface area (Å²) in [6.07, 6.45) is 4.66. The summed E-state index contributed by atoms with van der Waals surface area (Å²) in [5, 5.41) is 19.5. The minimum Gasteiger partial charge on any atom is -0.394 e. The molecule has 1 fully saturated rings. The van der Waals surface area contributed by atoms with Crippen LogP contribution in [0.5, 0.6) is 0 Å². The van der Waals surface area contributed by atoms with Gasteiger partial charge in [0.25, 0.3) is 0 Å². The molecule has 0 aromatic carbocycles. The van der Waals surface area contributed by atoms with E-state index in [1.807, 2.05) is 0 Å². The van der Waals surface area contributed by atoms with Gasteiger partial charge in [0.05, 0.1) is 12.9 Å². The first-order valence-electron chi connectivity index (χ1n) is 6.59. The molecule has 1 aliphatic rings. The number of hydrogen-bond acceptors (Lipinski definition) is 8. The van der Waals surface area contributed by atoms with Gasteiger partial charge in [0.15, 0.2) is 17.7 Å². The third-order valence-electron chi connectivity index (χ3n) is 3.51. The quantitative estimate of drug-likeness (QED) is 0.593. The van der Waals surface area contributed by atoms with Crippen molar-refractivity contribution in [2.24, 2.45) is 0 Å². The highest BCUT2D eigenvalue weighted by Crippen LogP contribution is 2.33. The largest absolute Gasteiger partial charge is 0.394 e. The van der Waals surface area contributed by atoms with E-state index in [0.717, 1.165) is 0 Å². The molecular weight excluding hydrogens is 290 g/mol. The van der Waals surface area contributed by atoms with E-state index < -0.39 is 24.5 Å². The Hall–Kier alpha value is -2.25. The van der Waals surface area contributed by atoms with Crippen molar-refractivity contribution < 1.29 is 19.7 Å². The number of aliphatic hydroxyl groups excluding tert-OH is 2. The van der Waals surface area contributed by atoms with Crippen LogP contribution < -0.4 is 5.73 Å². The van der Waals surface area contributed by atoms with Gasteiger partial charge in [-0.3, -0.25) is 4.57 Å². The minimum atomic E-state index is -1.03. The zero-order valence-electron chi connectivity index (χ0n) is 11.5. The molecule has 1 aliphatic heterocycles. The fourth-order valence-electron chi connectivity index (χ4n) is 2.47. The third kappa shape index (κ3) is 2.28. The van der Waals surface area contributed by atoms with Crippen molar-refractivity contribution in [2.45, 2.75) is 24.5 Å². The van der Waals surface area contributed by atoms with E-state index in [1.54, 1.807) is 4.57 Å². The van der Waals surface area contributed by atoms with Crippen molar-refractivity contribution in [1.29, 1.82) is 0 Å². The molecule has 0 aliphatic carbocycles. The van der Waals surface area contributed by atoms with Crippen LogP contribution in [-0.4, -0.2) is 61.3 Å². The predicted molar refractivity (Wildman–Crippen MR) is 75.3 cm³/mol. The second-order valence-electron chi connectivity index (χ2n) is 4.80. The summed E-state index contributed by atoms with van der Waals surface area (Å²) in [5.41, 5.74) is 6.61. The standard InChI is InChI=1S/C13H15N5O4/c1-2-3-21-10-9(20)7(4-19)22-13(10)18-6-17-8-11(14)15-5-16-12(8)18/h1,5-7,9-10,13,19-20H,3-4H2,(H2,14,15,16)/t7-,9?,10+,13-/m1/s1. The number of fused-ring (bicyclic) bond motifs is 1. The average molecular weight is 305 g/mol. The number of terminal acetylenes is 1. The van der Waals surface area contributed by atoms with Crippen LogP contribution in [0.2, 0.25) is 0 Å². The zero-order valence-corrected chi connectivity index (χ0v) is 11.5. The van der Waals surface area contributed by atoms with Crippen LogP contribution in [0.1, 0.15) is 6.23 Å². The summed E-state index contributed by atoms with van der Waals surface area (Å²) >= 11 is 0. The molecule has 116 valence electrons. The highest BCUT2D eigenvalue weighted by atomic mass is 16.6. The van der Waals surface area contributed by atoms with Gasteiger partial charge < -0.3 is 25.4 Å². The Bertz CT molecular complexity index is 712. The summed E-state index contributed by atoms with van der Waals surface area (Å²) < 4.78 is 12.7. The van der Waals surface area contributed by atoms with Crippen molar-refractivity contribution in [2.75, 3.05) is 18.9 Å². The van der Waals surface area contributed by atoms with E-state index in [2.05, 4.69) is 20.9 Å². The molecule has 1 saturated heterocycles. The van der Waals surface area contributed by atoms with Crippen molar-refractivity contribution in [3.8, 4) is 12.3 Å². The Kier molecular flexibility index (Phi) is 3.91. The van der Waals surface area contributed by atoms with Crippen LogP contribution in [0.3, 0.4) is 0 Å². The molecule has 3 rings (SSSR count). The number of imidazole rings is 1. The lowest BCUT2D eigenvalue weighted by molar-refractivity contribution is -0.0636. The molecule has 9 heteroatoms. The van der Waals surface area contributed by atoms with Crippen molar-refractivity contribution in [3.05, 3.63) is 12.7 Å². The number of rotatable bonds is 4. The molecule has 9 nitrogen and oxygen atoms in total. The Morgan fingerprint density at radius 3 is 3.00 bits per heavy atom. The zero-order chi connectivity index (χ0) is 15.7. The van der Waals surface area contributed by atoms with Gasteiger partial charge in [-0.05, 0) is 0 Å². The van der Waals surface area contributed by atoms with Gasteiger partial charge in [-0.1, -0.05) is 5.92 Å². The summed E-state index contributed by atoms with van der Waals surface area (Å²) in [6, 6.07) is 0. The number of nitrogens with two attached hydrogens (primary N) is 1. The molecule has 4 atom stereocenters. The molecule has 1 unspecified atom stereocenters. The fraction of sp³-hybridized carbons (Fsp3) is 0.462. The van der Waals surface area contributed by atoms with E-state index in [0.29, 0.717) is 11.2 Å².